The summed E-state index contributed by atoms with van der Waals surface area (Å²) in [5.41, 5.74) is 1.58. The maximum atomic E-state index is 11.8. The fourth-order valence-corrected chi connectivity index (χ4v) is 2.20. The van der Waals surface area contributed by atoms with Crippen LogP contribution in [0, 0.1) is 0 Å². The fraction of sp³-hybridized carbons (Fsp3) is 0.286. The van der Waals surface area contributed by atoms with E-state index in [4.69, 9.17) is 0 Å². The number of rotatable bonds is 3. The van der Waals surface area contributed by atoms with E-state index in [9.17, 15) is 4.79 Å². The molecule has 2 aromatic rings. The molecule has 96 valence electrons. The van der Waals surface area contributed by atoms with Crippen LogP contribution >= 0.6 is 11.3 Å². The van der Waals surface area contributed by atoms with Crippen LogP contribution in [0.2, 0.25) is 0 Å². The lowest BCUT2D eigenvalue weighted by atomic mass is 10.1. The van der Waals surface area contributed by atoms with Crippen LogP contribution in [-0.2, 0) is 0 Å². The Hall–Kier alpha value is -1.68. The molecule has 1 amide bonds. The van der Waals surface area contributed by atoms with E-state index in [0.29, 0.717) is 5.56 Å². The molecule has 0 aliphatic heterocycles. The molecule has 2 rings (SSSR count). The molecule has 0 saturated heterocycles. The largest absolute Gasteiger partial charge is 0.350 e. The average Bonchev–Trinajstić information content (AvgIpc) is 2.82. The second-order valence-electron chi connectivity index (χ2n) is 4.07. The zero-order valence-electron chi connectivity index (χ0n) is 9.81. The Morgan fingerprint density at radius 3 is 2.78 bits per heavy atom. The number of carbonyl (C=O) groups excluding carboxylic acids is 1. The minimum Gasteiger partial charge on any atom is -0.350 e. The zero-order chi connectivity index (χ0) is 12.3. The van der Waals surface area contributed by atoms with Gasteiger partial charge in [-0.1, -0.05) is 13.5 Å². The number of nitrogens with zero attached hydrogens (tertiary/aromatic N) is 1. The Morgan fingerprint density at radius 2 is 2.17 bits per heavy atom. The van der Waals surface area contributed by atoms with E-state index in [1.54, 1.807) is 23.7 Å². The minimum absolute atomic E-state index is 0. The van der Waals surface area contributed by atoms with Crippen LogP contribution in [0.15, 0.2) is 36.0 Å². The molecule has 0 atom stereocenters. The molecule has 3 nitrogen and oxygen atoms in total. The van der Waals surface area contributed by atoms with Crippen molar-refractivity contribution in [2.45, 2.75) is 27.3 Å². The number of carbonyl (C=O) groups is 1. The average molecular weight is 262 g/mol. The third-order valence-corrected chi connectivity index (χ3v) is 3.14. The maximum absolute atomic E-state index is 11.8. The molecule has 0 aliphatic rings. The maximum Gasteiger partial charge on any atom is 0.253 e. The third kappa shape index (κ3) is 3.40. The highest BCUT2D eigenvalue weighted by Crippen LogP contribution is 2.24. The summed E-state index contributed by atoms with van der Waals surface area (Å²) in [7, 11) is 0. The van der Waals surface area contributed by atoms with E-state index in [2.05, 4.69) is 10.3 Å². The highest BCUT2D eigenvalue weighted by atomic mass is 32.1. The summed E-state index contributed by atoms with van der Waals surface area (Å²) in [5.74, 6) is -0.0779. The molecule has 0 saturated carbocycles. The smallest absolute Gasteiger partial charge is 0.253 e. The summed E-state index contributed by atoms with van der Waals surface area (Å²) >= 11 is 1.64. The van der Waals surface area contributed by atoms with E-state index < -0.39 is 0 Å². The van der Waals surface area contributed by atoms with Gasteiger partial charge in [0.1, 0.15) is 0 Å². The van der Waals surface area contributed by atoms with Gasteiger partial charge >= 0.3 is 0 Å². The van der Waals surface area contributed by atoms with Crippen LogP contribution in [-0.4, -0.2) is 16.9 Å². The van der Waals surface area contributed by atoms with Crippen LogP contribution in [0.5, 0.6) is 0 Å². The number of pyridine rings is 1. The molecule has 0 fully saturated rings. The van der Waals surface area contributed by atoms with E-state index in [0.717, 1.165) is 10.4 Å². The number of thiophene rings is 1. The highest BCUT2D eigenvalue weighted by Gasteiger charge is 2.09. The topological polar surface area (TPSA) is 42.0 Å². The molecule has 4 heteroatoms. The quantitative estimate of drug-likeness (QED) is 0.918. The van der Waals surface area contributed by atoms with Crippen LogP contribution in [0.4, 0.5) is 0 Å². The lowest BCUT2D eigenvalue weighted by molar-refractivity contribution is 0.0943. The normalized spacial score (nSPS) is 9.94. The molecule has 0 unspecified atom stereocenters. The second kappa shape index (κ2) is 6.31. The van der Waals surface area contributed by atoms with Crippen LogP contribution in [0.3, 0.4) is 0 Å². The van der Waals surface area contributed by atoms with Crippen molar-refractivity contribution in [2.75, 3.05) is 0 Å². The van der Waals surface area contributed by atoms with E-state index >= 15 is 0 Å². The van der Waals surface area contributed by atoms with E-state index in [-0.39, 0.29) is 19.4 Å². The highest BCUT2D eigenvalue weighted by molar-refractivity contribution is 7.13. The summed E-state index contributed by atoms with van der Waals surface area (Å²) in [6, 6.07) is 6.01. The summed E-state index contributed by atoms with van der Waals surface area (Å²) in [4.78, 5) is 17.1. The van der Waals surface area contributed by atoms with Gasteiger partial charge in [0.25, 0.3) is 5.91 Å². The van der Waals surface area contributed by atoms with Crippen molar-refractivity contribution < 1.29 is 4.79 Å². The molecule has 18 heavy (non-hydrogen) atoms. The van der Waals surface area contributed by atoms with Gasteiger partial charge in [0, 0.05) is 28.9 Å². The Labute approximate surface area is 112 Å². The molecule has 0 radical (unpaired) electrons. The van der Waals surface area contributed by atoms with Crippen molar-refractivity contribution in [3.63, 3.8) is 0 Å². The first-order valence-electron chi connectivity index (χ1n) is 5.46. The number of aromatic nitrogens is 1. The molecule has 0 spiro atoms. The zero-order valence-corrected chi connectivity index (χ0v) is 10.6. The van der Waals surface area contributed by atoms with Gasteiger partial charge in [-0.05, 0) is 31.4 Å². The SMILES string of the molecule is C.CC(C)NC(=O)c1cncc(-c2cccs2)c1. The number of amides is 1. The number of nitrogens with one attached hydrogen (secondary N) is 1. The molecule has 2 aromatic heterocycles. The van der Waals surface area contributed by atoms with Gasteiger partial charge in [-0.15, -0.1) is 11.3 Å². The van der Waals surface area contributed by atoms with Gasteiger partial charge in [0.2, 0.25) is 0 Å². The van der Waals surface area contributed by atoms with Gasteiger partial charge < -0.3 is 5.32 Å². The first kappa shape index (κ1) is 14.4. The predicted molar refractivity (Wildman–Crippen MR) is 76.9 cm³/mol. The van der Waals surface area contributed by atoms with Gasteiger partial charge in [-0.2, -0.15) is 0 Å². The standard InChI is InChI=1S/C13H14N2OS.CH4/c1-9(2)15-13(16)11-6-10(7-14-8-11)12-4-3-5-17-12;/h3-9H,1-2H3,(H,15,16);1H4. The van der Waals surface area contributed by atoms with E-state index in [1.165, 1.54) is 0 Å². The third-order valence-electron chi connectivity index (χ3n) is 2.23. The lowest BCUT2D eigenvalue weighted by Gasteiger charge is -2.08. The van der Waals surface area contributed by atoms with Crippen molar-refractivity contribution >= 4 is 17.2 Å². The fourth-order valence-electron chi connectivity index (χ4n) is 1.49. The minimum atomic E-state index is -0.0779. The van der Waals surface area contributed by atoms with Gasteiger partial charge in [0.05, 0.1) is 5.56 Å². The Bertz CT molecular complexity index is 506. The second-order valence-corrected chi connectivity index (χ2v) is 5.02. The molecule has 0 aliphatic carbocycles. The van der Waals surface area contributed by atoms with Crippen molar-refractivity contribution in [1.29, 1.82) is 0 Å². The van der Waals surface area contributed by atoms with Crippen molar-refractivity contribution in [1.82, 2.24) is 10.3 Å². The molecular weight excluding hydrogens is 244 g/mol. The molecule has 2 heterocycles. The first-order chi connectivity index (χ1) is 8.16. The first-order valence-corrected chi connectivity index (χ1v) is 6.34. The summed E-state index contributed by atoms with van der Waals surface area (Å²) < 4.78 is 0. The molecular formula is C14H18N2OS. The Kier molecular flexibility index (Phi) is 5.04. The van der Waals surface area contributed by atoms with E-state index in [1.807, 2.05) is 37.4 Å². The van der Waals surface area contributed by atoms with Crippen LogP contribution in [0.1, 0.15) is 31.6 Å². The molecule has 0 aromatic carbocycles. The van der Waals surface area contributed by atoms with Gasteiger partial charge in [-0.3, -0.25) is 9.78 Å². The number of hydrogen-bond acceptors (Lipinski definition) is 3. The number of hydrogen-bond donors (Lipinski definition) is 1. The summed E-state index contributed by atoms with van der Waals surface area (Å²) in [6.45, 7) is 3.88. The monoisotopic (exact) mass is 262 g/mol. The van der Waals surface area contributed by atoms with Crippen molar-refractivity contribution in [3.8, 4) is 10.4 Å². The summed E-state index contributed by atoms with van der Waals surface area (Å²) in [6.07, 6.45) is 3.37. The summed E-state index contributed by atoms with van der Waals surface area (Å²) in [5, 5.41) is 4.87. The van der Waals surface area contributed by atoms with Gasteiger partial charge in [0.15, 0.2) is 0 Å². The van der Waals surface area contributed by atoms with Crippen LogP contribution in [0.25, 0.3) is 10.4 Å². The molecule has 0 bridgehead atoms. The molecule has 1 N–H and O–H groups in total. The van der Waals surface area contributed by atoms with Crippen molar-refractivity contribution in [2.24, 2.45) is 0 Å². The van der Waals surface area contributed by atoms with Crippen LogP contribution < -0.4 is 5.32 Å². The Morgan fingerprint density at radius 1 is 1.39 bits per heavy atom. The van der Waals surface area contributed by atoms with Gasteiger partial charge in [-0.25, -0.2) is 0 Å². The predicted octanol–water partition coefficient (Wildman–Crippen LogP) is 3.58. The lowest BCUT2D eigenvalue weighted by Crippen LogP contribution is -2.30. The Balaban J connectivity index is 0.00000162. The van der Waals surface area contributed by atoms with Crippen molar-refractivity contribution in [3.05, 3.63) is 41.5 Å².